The van der Waals surface area contributed by atoms with Crippen molar-refractivity contribution < 1.29 is 19.1 Å². The number of imide groups is 1. The number of carbonyl (C=O) groups is 3. The summed E-state index contributed by atoms with van der Waals surface area (Å²) in [5.74, 6) is -0.528. The van der Waals surface area contributed by atoms with Crippen molar-refractivity contribution >= 4 is 17.8 Å². The van der Waals surface area contributed by atoms with Crippen molar-refractivity contribution in [1.82, 2.24) is 15.2 Å². The number of aromatic nitrogens is 1. The maximum absolute atomic E-state index is 11.7. The van der Waals surface area contributed by atoms with E-state index in [2.05, 4.69) is 10.3 Å². The quantitative estimate of drug-likeness (QED) is 0.781. The number of hydrogen-bond acceptors (Lipinski definition) is 5. The Hall–Kier alpha value is -2.64. The molecule has 8 heteroatoms. The lowest BCUT2D eigenvalue weighted by atomic mass is 9.92. The lowest BCUT2D eigenvalue weighted by Gasteiger charge is -2.32. The Morgan fingerprint density at radius 1 is 1.30 bits per heavy atom. The second kappa shape index (κ2) is 6.23. The van der Waals surface area contributed by atoms with Gasteiger partial charge in [0.2, 0.25) is 11.8 Å². The van der Waals surface area contributed by atoms with Crippen LogP contribution in [0.15, 0.2) is 18.3 Å². The van der Waals surface area contributed by atoms with E-state index in [1.807, 2.05) is 0 Å². The van der Waals surface area contributed by atoms with Gasteiger partial charge in [0.25, 0.3) is 5.91 Å². The van der Waals surface area contributed by atoms with Gasteiger partial charge >= 0.3 is 6.03 Å². The Balaban J connectivity index is 1.61. The van der Waals surface area contributed by atoms with E-state index in [-0.39, 0.29) is 42.1 Å². The van der Waals surface area contributed by atoms with E-state index in [1.165, 1.54) is 4.90 Å². The van der Waals surface area contributed by atoms with Crippen LogP contribution >= 0.6 is 0 Å². The molecule has 0 atom stereocenters. The molecule has 2 heterocycles. The molecule has 1 aliphatic carbocycles. The second-order valence-corrected chi connectivity index (χ2v) is 5.69. The number of amides is 4. The van der Waals surface area contributed by atoms with E-state index < -0.39 is 5.91 Å². The SMILES string of the molecule is NC(=O)c1cccnc1OC1CCC(N2C(=O)CNC2=O)CC1. The molecular formula is C15H18N4O4. The molecule has 0 unspecified atom stereocenters. The third-order valence-electron chi connectivity index (χ3n) is 4.20. The molecule has 23 heavy (non-hydrogen) atoms. The van der Waals surface area contributed by atoms with Crippen molar-refractivity contribution in [2.75, 3.05) is 6.54 Å². The lowest BCUT2D eigenvalue weighted by molar-refractivity contribution is -0.127. The molecule has 1 saturated heterocycles. The van der Waals surface area contributed by atoms with Crippen LogP contribution in [0.3, 0.4) is 0 Å². The maximum Gasteiger partial charge on any atom is 0.324 e. The van der Waals surface area contributed by atoms with Crippen molar-refractivity contribution in [3.63, 3.8) is 0 Å². The molecule has 4 amide bonds. The van der Waals surface area contributed by atoms with Gasteiger partial charge in [-0.2, -0.15) is 0 Å². The fourth-order valence-corrected chi connectivity index (χ4v) is 3.06. The van der Waals surface area contributed by atoms with Crippen LogP contribution in [0.2, 0.25) is 0 Å². The summed E-state index contributed by atoms with van der Waals surface area (Å²) in [5, 5.41) is 2.53. The number of carbonyl (C=O) groups excluding carboxylic acids is 3. The van der Waals surface area contributed by atoms with Crippen LogP contribution in [-0.4, -0.2) is 46.4 Å². The largest absolute Gasteiger partial charge is 0.474 e. The Bertz CT molecular complexity index is 624. The van der Waals surface area contributed by atoms with Gasteiger partial charge < -0.3 is 15.8 Å². The molecule has 0 spiro atoms. The number of ether oxygens (including phenoxy) is 1. The van der Waals surface area contributed by atoms with Gasteiger partial charge in [0.1, 0.15) is 11.7 Å². The molecule has 1 aromatic heterocycles. The summed E-state index contributed by atoms with van der Waals surface area (Å²) >= 11 is 0. The Labute approximate surface area is 133 Å². The summed E-state index contributed by atoms with van der Waals surface area (Å²) in [6, 6.07) is 2.79. The van der Waals surface area contributed by atoms with Crippen molar-refractivity contribution in [2.24, 2.45) is 5.73 Å². The van der Waals surface area contributed by atoms with E-state index in [0.717, 1.165) is 0 Å². The topological polar surface area (TPSA) is 115 Å². The number of pyridine rings is 1. The summed E-state index contributed by atoms with van der Waals surface area (Å²) in [6.07, 6.45) is 4.12. The highest BCUT2D eigenvalue weighted by molar-refractivity contribution is 6.02. The number of hydrogen-bond donors (Lipinski definition) is 2. The van der Waals surface area contributed by atoms with Gasteiger partial charge in [0, 0.05) is 12.2 Å². The molecule has 0 aromatic carbocycles. The fourth-order valence-electron chi connectivity index (χ4n) is 3.06. The van der Waals surface area contributed by atoms with E-state index in [9.17, 15) is 14.4 Å². The average Bonchev–Trinajstić information content (AvgIpc) is 2.87. The summed E-state index contributed by atoms with van der Waals surface area (Å²) in [7, 11) is 0. The summed E-state index contributed by atoms with van der Waals surface area (Å²) in [4.78, 5) is 40.2. The predicted molar refractivity (Wildman–Crippen MR) is 79.7 cm³/mol. The minimum atomic E-state index is -0.582. The second-order valence-electron chi connectivity index (χ2n) is 5.69. The molecule has 122 valence electrons. The first-order valence-electron chi connectivity index (χ1n) is 7.57. The molecule has 3 N–H and O–H groups in total. The normalized spacial score (nSPS) is 24.4. The minimum Gasteiger partial charge on any atom is -0.474 e. The number of nitrogens with zero attached hydrogens (tertiary/aromatic N) is 2. The number of primary amides is 1. The third kappa shape index (κ3) is 3.10. The maximum atomic E-state index is 11.7. The van der Waals surface area contributed by atoms with Gasteiger partial charge in [-0.05, 0) is 37.8 Å². The predicted octanol–water partition coefficient (Wildman–Crippen LogP) is 0.422. The first-order valence-corrected chi connectivity index (χ1v) is 7.57. The van der Waals surface area contributed by atoms with Gasteiger partial charge in [-0.1, -0.05) is 0 Å². The third-order valence-corrected chi connectivity index (χ3v) is 4.20. The highest BCUT2D eigenvalue weighted by Crippen LogP contribution is 2.28. The van der Waals surface area contributed by atoms with Crippen molar-refractivity contribution in [3.8, 4) is 5.88 Å². The average molecular weight is 318 g/mol. The molecule has 8 nitrogen and oxygen atoms in total. The van der Waals surface area contributed by atoms with Gasteiger partial charge in [-0.15, -0.1) is 0 Å². The van der Waals surface area contributed by atoms with Crippen molar-refractivity contribution in [2.45, 2.75) is 37.8 Å². The Morgan fingerprint density at radius 2 is 2.04 bits per heavy atom. The smallest absolute Gasteiger partial charge is 0.324 e. The minimum absolute atomic E-state index is 0.0746. The van der Waals surface area contributed by atoms with Crippen LogP contribution in [-0.2, 0) is 4.79 Å². The molecule has 3 rings (SSSR count). The zero-order chi connectivity index (χ0) is 16.4. The molecule has 1 aromatic rings. The van der Waals surface area contributed by atoms with Crippen LogP contribution in [0, 0.1) is 0 Å². The monoisotopic (exact) mass is 318 g/mol. The van der Waals surface area contributed by atoms with E-state index in [0.29, 0.717) is 25.7 Å². The van der Waals surface area contributed by atoms with Crippen molar-refractivity contribution in [1.29, 1.82) is 0 Å². The Morgan fingerprint density at radius 3 is 2.65 bits per heavy atom. The molecular weight excluding hydrogens is 300 g/mol. The van der Waals surface area contributed by atoms with Crippen LogP contribution in [0.4, 0.5) is 4.79 Å². The Kier molecular flexibility index (Phi) is 4.14. The van der Waals surface area contributed by atoms with E-state index >= 15 is 0 Å². The first-order chi connectivity index (χ1) is 11.1. The number of nitrogens with one attached hydrogen (secondary N) is 1. The zero-order valence-electron chi connectivity index (χ0n) is 12.5. The van der Waals surface area contributed by atoms with E-state index in [4.69, 9.17) is 10.5 Å². The number of nitrogens with two attached hydrogens (primary N) is 1. The van der Waals surface area contributed by atoms with Crippen molar-refractivity contribution in [3.05, 3.63) is 23.9 Å². The fraction of sp³-hybridized carbons (Fsp3) is 0.467. The molecule has 2 aliphatic rings. The van der Waals surface area contributed by atoms with Gasteiger partial charge in [0.15, 0.2) is 0 Å². The molecule has 1 saturated carbocycles. The van der Waals surface area contributed by atoms with Crippen LogP contribution < -0.4 is 15.8 Å². The van der Waals surface area contributed by atoms with Crippen LogP contribution in [0.1, 0.15) is 36.0 Å². The highest BCUT2D eigenvalue weighted by Gasteiger charge is 2.37. The molecule has 0 radical (unpaired) electrons. The van der Waals surface area contributed by atoms with Crippen LogP contribution in [0.25, 0.3) is 0 Å². The molecule has 1 aliphatic heterocycles. The number of rotatable bonds is 4. The standard InChI is InChI=1S/C15H18N4O4/c16-13(21)11-2-1-7-17-14(11)23-10-5-3-9(4-6-10)19-12(20)8-18-15(19)22/h1-2,7,9-10H,3-6,8H2,(H2,16,21)(H,18,22). The van der Waals surface area contributed by atoms with Crippen LogP contribution in [0.5, 0.6) is 5.88 Å². The van der Waals surface area contributed by atoms with Gasteiger partial charge in [-0.25, -0.2) is 9.78 Å². The van der Waals surface area contributed by atoms with Gasteiger partial charge in [-0.3, -0.25) is 14.5 Å². The number of urea groups is 1. The van der Waals surface area contributed by atoms with E-state index in [1.54, 1.807) is 18.3 Å². The first kappa shape index (κ1) is 15.3. The lowest BCUT2D eigenvalue weighted by Crippen LogP contribution is -2.44. The van der Waals surface area contributed by atoms with Gasteiger partial charge in [0.05, 0.1) is 6.54 Å². The highest BCUT2D eigenvalue weighted by atomic mass is 16.5. The summed E-state index contributed by atoms with van der Waals surface area (Å²) in [5.41, 5.74) is 5.56. The summed E-state index contributed by atoms with van der Waals surface area (Å²) < 4.78 is 5.80. The molecule has 2 fully saturated rings. The zero-order valence-corrected chi connectivity index (χ0v) is 12.5. The summed E-state index contributed by atoms with van der Waals surface area (Å²) in [6.45, 7) is 0.0746. The molecule has 0 bridgehead atoms.